The number of likely N-dealkylation sites (N-methyl/N-ethyl adjacent to an activating group) is 1. The Hall–Kier alpha value is -3.01. The van der Waals surface area contributed by atoms with E-state index in [4.69, 9.17) is 21.1 Å². The van der Waals surface area contributed by atoms with E-state index in [0.717, 1.165) is 5.56 Å². The minimum atomic E-state index is -1.27. The van der Waals surface area contributed by atoms with Crippen molar-refractivity contribution in [2.24, 2.45) is 5.92 Å². The van der Waals surface area contributed by atoms with Gasteiger partial charge in [-0.05, 0) is 48.4 Å². The Labute approximate surface area is 214 Å². The topological polar surface area (TPSA) is 88.2 Å². The molecular formula is C26H29ClFN3O5. The molecular weight excluding hydrogens is 489 g/mol. The summed E-state index contributed by atoms with van der Waals surface area (Å²) in [5.41, 5.74) is -0.417. The number of Topliss-reactive ketones (excluding diaryl/α,β-unsaturated/α-hetero) is 1. The standard InChI is InChI=1S/C26H29ClFN3O5/c1-30(25(34)36-21-9-7-20(28)8-10-21)26(16-29-13-22(26)17-3-5-19(27)6-4-17)24(33)18-11-12-31(14-18)23(32)15-35-2/h3-10,18,22,29H,11-16H2,1-2H3/t18?,22-,26+/m0/s1. The number of rotatable bonds is 7. The number of ketones is 1. The van der Waals surface area contributed by atoms with Crippen LogP contribution in [0.4, 0.5) is 9.18 Å². The molecule has 0 saturated carbocycles. The first-order chi connectivity index (χ1) is 17.3. The lowest BCUT2D eigenvalue weighted by molar-refractivity contribution is -0.135. The van der Waals surface area contributed by atoms with Gasteiger partial charge in [-0.15, -0.1) is 0 Å². The van der Waals surface area contributed by atoms with Crippen LogP contribution >= 0.6 is 11.6 Å². The zero-order valence-electron chi connectivity index (χ0n) is 20.2. The third kappa shape index (κ3) is 5.09. The molecule has 2 amide bonds. The molecule has 3 atom stereocenters. The molecule has 0 radical (unpaired) electrons. The number of carbonyl (C=O) groups excluding carboxylic acids is 3. The molecule has 192 valence electrons. The number of ether oxygens (including phenoxy) is 2. The van der Waals surface area contributed by atoms with Crippen LogP contribution < -0.4 is 10.1 Å². The van der Waals surface area contributed by atoms with Crippen LogP contribution in [0.5, 0.6) is 5.75 Å². The summed E-state index contributed by atoms with van der Waals surface area (Å²) in [5, 5.41) is 3.85. The summed E-state index contributed by atoms with van der Waals surface area (Å²) in [6.07, 6.45) is -0.243. The first-order valence-electron chi connectivity index (χ1n) is 11.7. The molecule has 1 N–H and O–H groups in total. The van der Waals surface area contributed by atoms with E-state index < -0.39 is 23.4 Å². The molecule has 2 saturated heterocycles. The van der Waals surface area contributed by atoms with Gasteiger partial charge in [0.05, 0.1) is 0 Å². The van der Waals surface area contributed by atoms with Crippen LogP contribution in [-0.4, -0.2) is 80.1 Å². The summed E-state index contributed by atoms with van der Waals surface area (Å²) in [4.78, 5) is 42.9. The first kappa shape index (κ1) is 26.1. The van der Waals surface area contributed by atoms with Crippen LogP contribution in [0.15, 0.2) is 48.5 Å². The molecule has 36 heavy (non-hydrogen) atoms. The maximum Gasteiger partial charge on any atom is 0.415 e. The van der Waals surface area contributed by atoms with Gasteiger partial charge < -0.3 is 19.7 Å². The molecule has 2 aromatic carbocycles. The quantitative estimate of drug-likeness (QED) is 0.607. The number of likely N-dealkylation sites (tertiary alicyclic amines) is 1. The number of nitrogens with one attached hydrogen (secondary N) is 1. The van der Waals surface area contributed by atoms with E-state index in [1.165, 1.54) is 36.3 Å². The van der Waals surface area contributed by atoms with Crippen molar-refractivity contribution in [2.75, 3.05) is 46.9 Å². The molecule has 2 heterocycles. The maximum atomic E-state index is 14.3. The van der Waals surface area contributed by atoms with Crippen molar-refractivity contribution in [1.29, 1.82) is 0 Å². The Morgan fingerprint density at radius 3 is 2.53 bits per heavy atom. The lowest BCUT2D eigenvalue weighted by Gasteiger charge is -2.42. The van der Waals surface area contributed by atoms with Gasteiger partial charge in [0.1, 0.15) is 23.7 Å². The molecule has 0 bridgehead atoms. The van der Waals surface area contributed by atoms with Gasteiger partial charge >= 0.3 is 6.09 Å². The summed E-state index contributed by atoms with van der Waals surface area (Å²) in [6.45, 7) is 1.33. The van der Waals surface area contributed by atoms with Crippen molar-refractivity contribution < 1.29 is 28.2 Å². The van der Waals surface area contributed by atoms with Crippen LogP contribution in [-0.2, 0) is 14.3 Å². The second-order valence-corrected chi connectivity index (χ2v) is 9.60. The van der Waals surface area contributed by atoms with E-state index >= 15 is 0 Å². The van der Waals surface area contributed by atoms with E-state index in [-0.39, 0.29) is 43.1 Å². The van der Waals surface area contributed by atoms with Crippen molar-refractivity contribution in [3.63, 3.8) is 0 Å². The number of hydrogen-bond donors (Lipinski definition) is 1. The fraction of sp³-hybridized carbons (Fsp3) is 0.423. The predicted molar refractivity (Wildman–Crippen MR) is 132 cm³/mol. The van der Waals surface area contributed by atoms with Crippen molar-refractivity contribution in [1.82, 2.24) is 15.1 Å². The van der Waals surface area contributed by atoms with E-state index in [1.807, 2.05) is 12.1 Å². The molecule has 2 aromatic rings. The smallest absolute Gasteiger partial charge is 0.410 e. The molecule has 2 aliphatic heterocycles. The minimum Gasteiger partial charge on any atom is -0.410 e. The van der Waals surface area contributed by atoms with Crippen molar-refractivity contribution in [3.8, 4) is 5.75 Å². The number of carbonyl (C=O) groups is 3. The summed E-state index contributed by atoms with van der Waals surface area (Å²) < 4.78 is 23.8. The third-order valence-electron chi connectivity index (χ3n) is 7.09. The van der Waals surface area contributed by atoms with Gasteiger partial charge in [-0.25, -0.2) is 9.18 Å². The Bertz CT molecular complexity index is 1110. The monoisotopic (exact) mass is 517 g/mol. The Morgan fingerprint density at radius 2 is 1.86 bits per heavy atom. The minimum absolute atomic E-state index is 0.0507. The Balaban J connectivity index is 1.66. The zero-order valence-corrected chi connectivity index (χ0v) is 21.0. The fourth-order valence-electron chi connectivity index (χ4n) is 5.17. The van der Waals surface area contributed by atoms with Gasteiger partial charge in [-0.2, -0.15) is 0 Å². The van der Waals surface area contributed by atoms with Gasteiger partial charge in [0, 0.05) is 57.2 Å². The van der Waals surface area contributed by atoms with Gasteiger partial charge in [-0.1, -0.05) is 23.7 Å². The van der Waals surface area contributed by atoms with Crippen LogP contribution in [0.1, 0.15) is 17.9 Å². The zero-order chi connectivity index (χ0) is 25.9. The lowest BCUT2D eigenvalue weighted by Crippen LogP contribution is -2.62. The summed E-state index contributed by atoms with van der Waals surface area (Å²) in [5.74, 6) is -1.43. The van der Waals surface area contributed by atoms with Crippen LogP contribution in [0.25, 0.3) is 0 Å². The SMILES string of the molecule is COCC(=O)N1CCC(C(=O)[C@@]2(N(C)C(=O)Oc3ccc(F)cc3)CNC[C@H]2c2ccc(Cl)cc2)C1. The van der Waals surface area contributed by atoms with Crippen molar-refractivity contribution in [2.45, 2.75) is 17.9 Å². The van der Waals surface area contributed by atoms with Crippen LogP contribution in [0.2, 0.25) is 5.02 Å². The molecule has 1 unspecified atom stereocenters. The largest absolute Gasteiger partial charge is 0.415 e. The van der Waals surface area contributed by atoms with Gasteiger partial charge in [0.2, 0.25) is 5.91 Å². The molecule has 2 fully saturated rings. The second-order valence-electron chi connectivity index (χ2n) is 9.16. The highest BCUT2D eigenvalue weighted by Crippen LogP contribution is 2.41. The molecule has 8 nitrogen and oxygen atoms in total. The first-order valence-corrected chi connectivity index (χ1v) is 12.1. The highest BCUT2D eigenvalue weighted by atomic mass is 35.5. The number of hydrogen-bond acceptors (Lipinski definition) is 6. The van der Waals surface area contributed by atoms with Gasteiger partial charge in [0.25, 0.3) is 0 Å². The van der Waals surface area contributed by atoms with E-state index in [1.54, 1.807) is 24.1 Å². The van der Waals surface area contributed by atoms with Crippen LogP contribution in [0, 0.1) is 11.7 Å². The normalized spacial score (nSPS) is 23.5. The van der Waals surface area contributed by atoms with E-state index in [2.05, 4.69) is 5.32 Å². The number of amides is 2. The number of methoxy groups -OCH3 is 1. The van der Waals surface area contributed by atoms with Crippen LogP contribution in [0.3, 0.4) is 0 Å². The molecule has 4 rings (SSSR count). The second kappa shape index (κ2) is 10.9. The number of halogens is 2. The molecule has 2 aliphatic rings. The average molecular weight is 518 g/mol. The molecule has 0 aromatic heterocycles. The summed E-state index contributed by atoms with van der Waals surface area (Å²) >= 11 is 6.10. The number of benzene rings is 2. The van der Waals surface area contributed by atoms with Gasteiger partial charge in [0.15, 0.2) is 5.78 Å². The van der Waals surface area contributed by atoms with E-state index in [9.17, 15) is 18.8 Å². The van der Waals surface area contributed by atoms with Gasteiger partial charge in [-0.3, -0.25) is 14.5 Å². The Kier molecular flexibility index (Phi) is 7.92. The highest BCUT2D eigenvalue weighted by molar-refractivity contribution is 6.30. The Morgan fingerprint density at radius 1 is 1.17 bits per heavy atom. The average Bonchev–Trinajstić information content (AvgIpc) is 3.54. The third-order valence-corrected chi connectivity index (χ3v) is 7.34. The van der Waals surface area contributed by atoms with Crippen molar-refractivity contribution in [3.05, 3.63) is 64.9 Å². The molecule has 0 spiro atoms. The lowest BCUT2D eigenvalue weighted by atomic mass is 9.73. The predicted octanol–water partition coefficient (Wildman–Crippen LogP) is 3.10. The van der Waals surface area contributed by atoms with E-state index in [0.29, 0.717) is 24.5 Å². The summed E-state index contributed by atoms with van der Waals surface area (Å²) in [7, 11) is 3.00. The van der Waals surface area contributed by atoms with Crippen molar-refractivity contribution >= 4 is 29.4 Å². The highest BCUT2D eigenvalue weighted by Gasteiger charge is 2.57. The maximum absolute atomic E-state index is 14.3. The fourth-order valence-corrected chi connectivity index (χ4v) is 5.29. The molecule has 10 heteroatoms. The summed E-state index contributed by atoms with van der Waals surface area (Å²) in [6, 6.07) is 12.3. The number of nitrogens with zero attached hydrogens (tertiary/aromatic N) is 2. The molecule has 0 aliphatic carbocycles.